The molecule has 0 saturated heterocycles. The summed E-state index contributed by atoms with van der Waals surface area (Å²) in [5.41, 5.74) is 6.46. The summed E-state index contributed by atoms with van der Waals surface area (Å²) in [5.74, 6) is 0.677. The maximum absolute atomic E-state index is 13.5. The van der Waals surface area contributed by atoms with Crippen LogP contribution in [-0.4, -0.2) is 6.54 Å². The first kappa shape index (κ1) is 12.2. The molecule has 0 spiro atoms. The Morgan fingerprint density at radius 3 is 2.40 bits per heavy atom. The summed E-state index contributed by atoms with van der Waals surface area (Å²) in [6.45, 7) is 4.87. The second-order valence-corrected chi connectivity index (χ2v) is 4.43. The van der Waals surface area contributed by atoms with E-state index in [1.165, 1.54) is 6.07 Å². The van der Waals surface area contributed by atoms with Crippen LogP contribution in [-0.2, 0) is 0 Å². The lowest BCUT2D eigenvalue weighted by Crippen LogP contribution is -2.14. The van der Waals surface area contributed by atoms with Gasteiger partial charge < -0.3 is 5.73 Å². The minimum Gasteiger partial charge on any atom is -0.330 e. The molecule has 1 nitrogen and oxygen atoms in total. The van der Waals surface area contributed by atoms with Crippen molar-refractivity contribution in [2.24, 2.45) is 11.7 Å². The third-order valence-corrected chi connectivity index (χ3v) is 2.72. The molecule has 0 saturated carbocycles. The molecule has 0 fully saturated rings. The minimum atomic E-state index is -0.128. The highest BCUT2D eigenvalue weighted by molar-refractivity contribution is 5.21. The lowest BCUT2D eigenvalue weighted by Gasteiger charge is -2.16. The lowest BCUT2D eigenvalue weighted by molar-refractivity contribution is 0.487. The van der Waals surface area contributed by atoms with Gasteiger partial charge in [-0.25, -0.2) is 4.39 Å². The highest BCUT2D eigenvalue weighted by Crippen LogP contribution is 2.24. The lowest BCUT2D eigenvalue weighted by atomic mass is 9.91. The van der Waals surface area contributed by atoms with Gasteiger partial charge in [0.25, 0.3) is 0 Å². The molecule has 2 N–H and O–H groups in total. The van der Waals surface area contributed by atoms with Crippen molar-refractivity contribution in [1.29, 1.82) is 0 Å². The van der Waals surface area contributed by atoms with E-state index in [2.05, 4.69) is 13.8 Å². The average molecular weight is 209 g/mol. The van der Waals surface area contributed by atoms with Crippen LogP contribution < -0.4 is 5.73 Å². The predicted octanol–water partition coefficient (Wildman–Crippen LogP) is 3.30. The summed E-state index contributed by atoms with van der Waals surface area (Å²) >= 11 is 0. The Hall–Kier alpha value is -0.890. The quantitative estimate of drug-likeness (QED) is 0.791. The molecule has 0 amide bonds. The predicted molar refractivity (Wildman–Crippen MR) is 62.3 cm³/mol. The monoisotopic (exact) mass is 209 g/mol. The molecule has 0 aliphatic rings. The maximum atomic E-state index is 13.5. The van der Waals surface area contributed by atoms with Gasteiger partial charge in [-0.2, -0.15) is 0 Å². The van der Waals surface area contributed by atoms with Gasteiger partial charge in [0, 0.05) is 0 Å². The molecule has 0 aliphatic heterocycles. The zero-order valence-electron chi connectivity index (χ0n) is 9.54. The summed E-state index contributed by atoms with van der Waals surface area (Å²) in [5, 5.41) is 0. The molecule has 0 bridgehead atoms. The number of nitrogens with two attached hydrogens (primary N) is 1. The van der Waals surface area contributed by atoms with E-state index in [0.717, 1.165) is 18.4 Å². The van der Waals surface area contributed by atoms with Crippen molar-refractivity contribution in [2.45, 2.75) is 32.6 Å². The second kappa shape index (κ2) is 5.86. The molecule has 84 valence electrons. The van der Waals surface area contributed by atoms with Crippen LogP contribution >= 0.6 is 0 Å². The molecule has 0 radical (unpaired) electrons. The van der Waals surface area contributed by atoms with Crippen LogP contribution in [0.25, 0.3) is 0 Å². The van der Waals surface area contributed by atoms with Crippen LogP contribution in [0.15, 0.2) is 24.3 Å². The van der Waals surface area contributed by atoms with Crippen molar-refractivity contribution < 1.29 is 4.39 Å². The van der Waals surface area contributed by atoms with Gasteiger partial charge in [0.2, 0.25) is 0 Å². The zero-order chi connectivity index (χ0) is 11.3. The first-order chi connectivity index (χ1) is 7.15. The normalized spacial score (nSPS) is 13.1. The number of halogens is 1. The Morgan fingerprint density at radius 1 is 1.20 bits per heavy atom. The molecular weight excluding hydrogens is 189 g/mol. The van der Waals surface area contributed by atoms with Crippen molar-refractivity contribution >= 4 is 0 Å². The standard InChI is InChI=1S/C13H20FN/c1-10(2)7-8-11(9-15)12-5-3-4-6-13(12)14/h3-6,10-11H,7-9,15H2,1-2H3. The number of hydrogen-bond donors (Lipinski definition) is 1. The van der Waals surface area contributed by atoms with Crippen LogP contribution in [0.2, 0.25) is 0 Å². The van der Waals surface area contributed by atoms with E-state index >= 15 is 0 Å². The van der Waals surface area contributed by atoms with Gasteiger partial charge in [-0.3, -0.25) is 0 Å². The summed E-state index contributed by atoms with van der Waals surface area (Å²) in [4.78, 5) is 0. The van der Waals surface area contributed by atoms with E-state index in [-0.39, 0.29) is 11.7 Å². The Kier molecular flexibility index (Phi) is 4.76. The van der Waals surface area contributed by atoms with Crippen molar-refractivity contribution in [3.8, 4) is 0 Å². The number of benzene rings is 1. The Labute approximate surface area is 91.5 Å². The van der Waals surface area contributed by atoms with E-state index in [4.69, 9.17) is 5.73 Å². The molecular formula is C13H20FN. The summed E-state index contributed by atoms with van der Waals surface area (Å²) in [6.07, 6.45) is 2.06. The zero-order valence-corrected chi connectivity index (χ0v) is 9.54. The van der Waals surface area contributed by atoms with Gasteiger partial charge >= 0.3 is 0 Å². The van der Waals surface area contributed by atoms with Crippen LogP contribution in [0, 0.1) is 11.7 Å². The molecule has 1 unspecified atom stereocenters. The fourth-order valence-electron chi connectivity index (χ4n) is 1.74. The molecule has 0 heterocycles. The fourth-order valence-corrected chi connectivity index (χ4v) is 1.74. The Balaban J connectivity index is 2.70. The van der Waals surface area contributed by atoms with E-state index in [1.54, 1.807) is 6.07 Å². The summed E-state index contributed by atoms with van der Waals surface area (Å²) in [6, 6.07) is 6.94. The molecule has 0 aliphatic carbocycles. The Morgan fingerprint density at radius 2 is 1.87 bits per heavy atom. The van der Waals surface area contributed by atoms with Gasteiger partial charge in [0.05, 0.1) is 0 Å². The molecule has 1 rings (SSSR count). The van der Waals surface area contributed by atoms with Gasteiger partial charge in [-0.1, -0.05) is 38.5 Å². The molecule has 1 atom stereocenters. The van der Waals surface area contributed by atoms with Crippen LogP contribution in [0.1, 0.15) is 38.2 Å². The van der Waals surface area contributed by atoms with Gasteiger partial charge in [0.1, 0.15) is 5.82 Å². The van der Waals surface area contributed by atoms with E-state index in [9.17, 15) is 4.39 Å². The maximum Gasteiger partial charge on any atom is 0.126 e. The topological polar surface area (TPSA) is 26.0 Å². The average Bonchev–Trinajstić information content (AvgIpc) is 2.21. The fraction of sp³-hybridized carbons (Fsp3) is 0.538. The van der Waals surface area contributed by atoms with Crippen LogP contribution in [0.3, 0.4) is 0 Å². The Bertz CT molecular complexity index is 296. The molecule has 1 aromatic rings. The molecule has 2 heteroatoms. The highest BCUT2D eigenvalue weighted by Gasteiger charge is 2.13. The smallest absolute Gasteiger partial charge is 0.126 e. The molecule has 1 aromatic carbocycles. The third-order valence-electron chi connectivity index (χ3n) is 2.72. The van der Waals surface area contributed by atoms with Gasteiger partial charge in [-0.15, -0.1) is 0 Å². The SMILES string of the molecule is CC(C)CCC(CN)c1ccccc1F. The van der Waals surface area contributed by atoms with Gasteiger partial charge in [0.15, 0.2) is 0 Å². The number of hydrogen-bond acceptors (Lipinski definition) is 1. The van der Waals surface area contributed by atoms with Crippen molar-refractivity contribution in [1.82, 2.24) is 0 Å². The van der Waals surface area contributed by atoms with Gasteiger partial charge in [-0.05, 0) is 36.4 Å². The van der Waals surface area contributed by atoms with Crippen molar-refractivity contribution in [2.75, 3.05) is 6.54 Å². The van der Waals surface area contributed by atoms with Crippen molar-refractivity contribution in [3.63, 3.8) is 0 Å². The molecule has 0 aromatic heterocycles. The first-order valence-corrected chi connectivity index (χ1v) is 5.59. The second-order valence-electron chi connectivity index (χ2n) is 4.43. The van der Waals surface area contributed by atoms with Crippen molar-refractivity contribution in [3.05, 3.63) is 35.6 Å². The van der Waals surface area contributed by atoms with Crippen LogP contribution in [0.5, 0.6) is 0 Å². The summed E-state index contributed by atoms with van der Waals surface area (Å²) in [7, 11) is 0. The third kappa shape index (κ3) is 3.63. The van der Waals surface area contributed by atoms with E-state index in [1.807, 2.05) is 12.1 Å². The van der Waals surface area contributed by atoms with Crippen LogP contribution in [0.4, 0.5) is 4.39 Å². The molecule has 15 heavy (non-hydrogen) atoms. The van der Waals surface area contributed by atoms with E-state index < -0.39 is 0 Å². The number of rotatable bonds is 5. The van der Waals surface area contributed by atoms with E-state index in [0.29, 0.717) is 12.5 Å². The minimum absolute atomic E-state index is 0.128. The first-order valence-electron chi connectivity index (χ1n) is 5.59. The highest BCUT2D eigenvalue weighted by atomic mass is 19.1. The summed E-state index contributed by atoms with van der Waals surface area (Å²) < 4.78 is 13.5. The largest absolute Gasteiger partial charge is 0.330 e.